The van der Waals surface area contributed by atoms with Gasteiger partial charge in [-0.25, -0.2) is 9.66 Å². The summed E-state index contributed by atoms with van der Waals surface area (Å²) in [5.74, 6) is 2.96. The van der Waals surface area contributed by atoms with Crippen LogP contribution in [0.15, 0.2) is 53.9 Å². The van der Waals surface area contributed by atoms with Gasteiger partial charge in [0.05, 0.1) is 27.5 Å². The highest BCUT2D eigenvalue weighted by molar-refractivity contribution is 5.84. The second-order valence-electron chi connectivity index (χ2n) is 6.24. The first-order valence-electron chi connectivity index (χ1n) is 8.73. The van der Waals surface area contributed by atoms with Crippen molar-refractivity contribution >= 4 is 11.9 Å². The van der Waals surface area contributed by atoms with E-state index in [9.17, 15) is 0 Å². The lowest BCUT2D eigenvalue weighted by atomic mass is 10.1. The van der Waals surface area contributed by atoms with Crippen LogP contribution in [0.2, 0.25) is 0 Å². The van der Waals surface area contributed by atoms with Crippen molar-refractivity contribution in [3.63, 3.8) is 0 Å². The average molecular weight is 380 g/mol. The van der Waals surface area contributed by atoms with Gasteiger partial charge in [0.25, 0.3) is 0 Å². The van der Waals surface area contributed by atoms with Gasteiger partial charge in [-0.05, 0) is 36.4 Å². The van der Waals surface area contributed by atoms with Crippen LogP contribution in [0.1, 0.15) is 5.56 Å². The van der Waals surface area contributed by atoms with Crippen LogP contribution in [0.25, 0.3) is 11.4 Å². The Morgan fingerprint density at radius 2 is 1.61 bits per heavy atom. The van der Waals surface area contributed by atoms with Crippen molar-refractivity contribution in [1.82, 2.24) is 9.66 Å². The van der Waals surface area contributed by atoms with Gasteiger partial charge in [0.1, 0.15) is 22.9 Å². The second-order valence-corrected chi connectivity index (χ2v) is 6.24. The fourth-order valence-corrected chi connectivity index (χ4v) is 2.89. The summed E-state index contributed by atoms with van der Waals surface area (Å²) in [7, 11) is 8.81. The second kappa shape index (κ2) is 8.47. The molecule has 0 N–H and O–H groups in total. The third kappa shape index (κ3) is 3.93. The Morgan fingerprint density at radius 1 is 0.964 bits per heavy atom. The quantitative estimate of drug-likeness (QED) is 0.587. The SMILES string of the molecule is COc1ccc(-c2nccn2/N=C/c2cc(OC)c(N(C)C)c(OC)c2)cc1. The minimum atomic E-state index is 0.715. The Bertz CT molecular complexity index is 937. The Balaban J connectivity index is 1.94. The zero-order chi connectivity index (χ0) is 20.1. The number of hydrogen-bond acceptors (Lipinski definition) is 6. The van der Waals surface area contributed by atoms with Gasteiger partial charge >= 0.3 is 0 Å². The van der Waals surface area contributed by atoms with E-state index in [1.165, 1.54) is 0 Å². The molecule has 0 amide bonds. The number of nitrogens with zero attached hydrogens (tertiary/aromatic N) is 4. The normalized spacial score (nSPS) is 10.9. The molecular formula is C21H24N4O3. The lowest BCUT2D eigenvalue weighted by Gasteiger charge is -2.20. The summed E-state index contributed by atoms with van der Waals surface area (Å²) < 4.78 is 18.0. The first kappa shape index (κ1) is 19.3. The third-order valence-corrected chi connectivity index (χ3v) is 4.25. The van der Waals surface area contributed by atoms with Crippen molar-refractivity contribution in [2.75, 3.05) is 40.3 Å². The predicted molar refractivity (Wildman–Crippen MR) is 111 cm³/mol. The number of rotatable bonds is 7. The predicted octanol–water partition coefficient (Wildman–Crippen LogP) is 3.52. The van der Waals surface area contributed by atoms with E-state index in [-0.39, 0.29) is 0 Å². The molecule has 0 aliphatic heterocycles. The average Bonchev–Trinajstić information content (AvgIpc) is 3.19. The Morgan fingerprint density at radius 3 is 2.14 bits per heavy atom. The van der Waals surface area contributed by atoms with Crippen molar-refractivity contribution in [2.45, 2.75) is 0 Å². The van der Waals surface area contributed by atoms with Crippen LogP contribution < -0.4 is 19.1 Å². The van der Waals surface area contributed by atoms with Crippen molar-refractivity contribution in [3.05, 3.63) is 54.4 Å². The molecule has 1 heterocycles. The summed E-state index contributed by atoms with van der Waals surface area (Å²) >= 11 is 0. The van der Waals surface area contributed by atoms with Gasteiger partial charge < -0.3 is 19.1 Å². The molecule has 0 saturated heterocycles. The minimum absolute atomic E-state index is 0.715. The Kier molecular flexibility index (Phi) is 5.84. The fourth-order valence-electron chi connectivity index (χ4n) is 2.89. The van der Waals surface area contributed by atoms with Crippen LogP contribution in [-0.2, 0) is 0 Å². The number of imidazole rings is 1. The number of methoxy groups -OCH3 is 3. The molecule has 0 spiro atoms. The summed E-state index contributed by atoms with van der Waals surface area (Å²) in [6, 6.07) is 11.5. The maximum atomic E-state index is 5.53. The van der Waals surface area contributed by atoms with Crippen molar-refractivity contribution in [3.8, 4) is 28.6 Å². The van der Waals surface area contributed by atoms with Gasteiger partial charge in [0.2, 0.25) is 0 Å². The van der Waals surface area contributed by atoms with E-state index in [0.717, 1.165) is 28.4 Å². The molecule has 1 aromatic heterocycles. The summed E-state index contributed by atoms with van der Waals surface area (Å²) in [6.07, 6.45) is 5.27. The molecule has 146 valence electrons. The molecule has 0 saturated carbocycles. The molecule has 0 radical (unpaired) electrons. The van der Waals surface area contributed by atoms with E-state index in [4.69, 9.17) is 14.2 Å². The van der Waals surface area contributed by atoms with Crippen LogP contribution in [-0.4, -0.2) is 51.3 Å². The van der Waals surface area contributed by atoms with E-state index < -0.39 is 0 Å². The van der Waals surface area contributed by atoms with E-state index in [1.54, 1.807) is 44.6 Å². The molecule has 28 heavy (non-hydrogen) atoms. The number of ether oxygens (including phenoxy) is 3. The standard InChI is InChI=1S/C21H24N4O3/c1-24(2)20-18(27-4)12-15(13-19(20)28-5)14-23-25-11-10-22-21(25)16-6-8-17(26-3)9-7-16/h6-14H,1-5H3/b23-14+. The van der Waals surface area contributed by atoms with Crippen molar-refractivity contribution in [2.24, 2.45) is 5.10 Å². The largest absolute Gasteiger partial charge is 0.497 e. The van der Waals surface area contributed by atoms with Gasteiger partial charge in [-0.15, -0.1) is 0 Å². The van der Waals surface area contributed by atoms with Crippen LogP contribution in [0.3, 0.4) is 0 Å². The molecule has 0 bridgehead atoms. The zero-order valence-corrected chi connectivity index (χ0v) is 16.7. The zero-order valence-electron chi connectivity index (χ0n) is 16.7. The summed E-state index contributed by atoms with van der Waals surface area (Å²) in [4.78, 5) is 6.37. The highest BCUT2D eigenvalue weighted by Crippen LogP contribution is 2.37. The van der Waals surface area contributed by atoms with Crippen molar-refractivity contribution < 1.29 is 14.2 Å². The molecule has 0 atom stereocenters. The Labute approximate surface area is 164 Å². The van der Waals surface area contributed by atoms with Crippen LogP contribution >= 0.6 is 0 Å². The number of anilines is 1. The van der Waals surface area contributed by atoms with Crippen LogP contribution in [0.5, 0.6) is 17.2 Å². The smallest absolute Gasteiger partial charge is 0.160 e. The van der Waals surface area contributed by atoms with Crippen LogP contribution in [0.4, 0.5) is 5.69 Å². The highest BCUT2D eigenvalue weighted by Gasteiger charge is 2.14. The third-order valence-electron chi connectivity index (χ3n) is 4.25. The van der Waals surface area contributed by atoms with Gasteiger partial charge in [-0.3, -0.25) is 0 Å². The topological polar surface area (TPSA) is 61.1 Å². The molecule has 3 rings (SSSR count). The van der Waals surface area contributed by atoms with E-state index in [1.807, 2.05) is 55.4 Å². The molecular weight excluding hydrogens is 356 g/mol. The van der Waals surface area contributed by atoms with Crippen LogP contribution in [0, 0.1) is 0 Å². The van der Waals surface area contributed by atoms with Gasteiger partial charge in [-0.1, -0.05) is 0 Å². The van der Waals surface area contributed by atoms with E-state index >= 15 is 0 Å². The summed E-state index contributed by atoms with van der Waals surface area (Å²) in [5.41, 5.74) is 2.68. The molecule has 7 nitrogen and oxygen atoms in total. The molecule has 0 fully saturated rings. The Hall–Kier alpha value is -3.48. The molecule has 0 aliphatic carbocycles. The lowest BCUT2D eigenvalue weighted by molar-refractivity contribution is 0.395. The number of benzene rings is 2. The van der Waals surface area contributed by atoms with Gasteiger partial charge in [0, 0.05) is 37.6 Å². The summed E-state index contributed by atoms with van der Waals surface area (Å²) in [6.45, 7) is 0. The number of hydrogen-bond donors (Lipinski definition) is 0. The van der Waals surface area contributed by atoms with E-state index in [0.29, 0.717) is 11.5 Å². The summed E-state index contributed by atoms with van der Waals surface area (Å²) in [5, 5.41) is 4.55. The first-order valence-corrected chi connectivity index (χ1v) is 8.73. The number of aromatic nitrogens is 2. The van der Waals surface area contributed by atoms with Gasteiger partial charge in [-0.2, -0.15) is 5.10 Å². The molecule has 0 unspecified atom stereocenters. The van der Waals surface area contributed by atoms with E-state index in [2.05, 4.69) is 10.1 Å². The molecule has 0 aliphatic rings. The lowest BCUT2D eigenvalue weighted by Crippen LogP contribution is -2.12. The molecule has 7 heteroatoms. The first-order chi connectivity index (χ1) is 13.6. The molecule has 3 aromatic rings. The maximum Gasteiger partial charge on any atom is 0.160 e. The fraction of sp³-hybridized carbons (Fsp3) is 0.238. The highest BCUT2D eigenvalue weighted by atomic mass is 16.5. The van der Waals surface area contributed by atoms with Gasteiger partial charge in [0.15, 0.2) is 5.82 Å². The molecule has 2 aromatic carbocycles. The maximum absolute atomic E-state index is 5.53. The van der Waals surface area contributed by atoms with Crippen molar-refractivity contribution in [1.29, 1.82) is 0 Å². The monoisotopic (exact) mass is 380 g/mol. The minimum Gasteiger partial charge on any atom is -0.497 e.